The van der Waals surface area contributed by atoms with Gasteiger partial charge in [-0.05, 0) is 17.9 Å². The van der Waals surface area contributed by atoms with Gasteiger partial charge in [-0.3, -0.25) is 4.79 Å². The van der Waals surface area contributed by atoms with Crippen LogP contribution >= 0.6 is 11.3 Å². The molecule has 0 aliphatic rings. The van der Waals surface area contributed by atoms with Gasteiger partial charge in [-0.15, -0.1) is 10.2 Å². The summed E-state index contributed by atoms with van der Waals surface area (Å²) in [7, 11) is 0. The van der Waals surface area contributed by atoms with Gasteiger partial charge in [0, 0.05) is 12.8 Å². The minimum absolute atomic E-state index is 0.0134. The van der Waals surface area contributed by atoms with Crippen LogP contribution in [0.5, 0.6) is 0 Å². The lowest BCUT2D eigenvalue weighted by Crippen LogP contribution is -2.14. The average molecular weight is 289 g/mol. The van der Waals surface area contributed by atoms with E-state index in [1.54, 1.807) is 0 Å². The Kier molecular flexibility index (Phi) is 5.24. The predicted octanol–water partition coefficient (Wildman–Crippen LogP) is 3.62. The Balaban J connectivity index is 1.88. The third-order valence-corrected chi connectivity index (χ3v) is 3.94. The van der Waals surface area contributed by atoms with Crippen LogP contribution < -0.4 is 5.32 Å². The Hall–Kier alpha value is -1.75. The van der Waals surface area contributed by atoms with Crippen LogP contribution in [0.15, 0.2) is 30.3 Å². The number of nitrogens with one attached hydrogen (secondary N) is 1. The van der Waals surface area contributed by atoms with E-state index in [4.69, 9.17) is 0 Å². The van der Waals surface area contributed by atoms with Gasteiger partial charge in [-0.2, -0.15) is 0 Å². The van der Waals surface area contributed by atoms with Crippen molar-refractivity contribution < 1.29 is 4.79 Å². The van der Waals surface area contributed by atoms with E-state index in [0.29, 0.717) is 11.6 Å². The van der Waals surface area contributed by atoms with Crippen molar-refractivity contribution in [1.82, 2.24) is 10.2 Å². The van der Waals surface area contributed by atoms with Crippen molar-refractivity contribution in [1.29, 1.82) is 0 Å². The molecule has 0 aliphatic heterocycles. The Morgan fingerprint density at radius 3 is 2.75 bits per heavy atom. The van der Waals surface area contributed by atoms with Crippen LogP contribution in [0.2, 0.25) is 0 Å². The third kappa shape index (κ3) is 4.13. The number of hydrogen-bond acceptors (Lipinski definition) is 4. The van der Waals surface area contributed by atoms with E-state index in [0.717, 1.165) is 17.8 Å². The van der Waals surface area contributed by atoms with E-state index < -0.39 is 0 Å². The number of aryl methyl sites for hydroxylation is 1. The first-order chi connectivity index (χ1) is 9.69. The number of nitrogens with zero attached hydrogens (tertiary/aromatic N) is 2. The predicted molar refractivity (Wildman–Crippen MR) is 82.0 cm³/mol. The molecule has 1 amide bonds. The van der Waals surface area contributed by atoms with Gasteiger partial charge in [-0.25, -0.2) is 0 Å². The molecule has 0 saturated carbocycles. The van der Waals surface area contributed by atoms with Crippen molar-refractivity contribution in [3.05, 3.63) is 40.9 Å². The molecular weight excluding hydrogens is 270 g/mol. The van der Waals surface area contributed by atoms with Crippen LogP contribution in [0, 0.1) is 0 Å². The number of rotatable bonds is 6. The van der Waals surface area contributed by atoms with Crippen molar-refractivity contribution in [2.75, 3.05) is 5.32 Å². The second-order valence-electron chi connectivity index (χ2n) is 4.81. The summed E-state index contributed by atoms with van der Waals surface area (Å²) in [6.45, 7) is 4.15. The van der Waals surface area contributed by atoms with Gasteiger partial charge < -0.3 is 5.32 Å². The smallest absolute Gasteiger partial charge is 0.226 e. The third-order valence-electron chi connectivity index (χ3n) is 3.04. The van der Waals surface area contributed by atoms with Crippen LogP contribution in [0.4, 0.5) is 5.13 Å². The summed E-state index contributed by atoms with van der Waals surface area (Å²) in [4.78, 5) is 12.0. The molecule has 0 radical (unpaired) electrons. The van der Waals surface area contributed by atoms with E-state index in [2.05, 4.69) is 29.4 Å². The van der Waals surface area contributed by atoms with Gasteiger partial charge in [0.2, 0.25) is 11.0 Å². The minimum Gasteiger partial charge on any atom is -0.301 e. The topological polar surface area (TPSA) is 54.9 Å². The van der Waals surface area contributed by atoms with Crippen LogP contribution in [0.1, 0.15) is 43.2 Å². The molecule has 4 nitrogen and oxygen atoms in total. The molecule has 1 heterocycles. The zero-order chi connectivity index (χ0) is 14.4. The molecule has 1 aromatic heterocycles. The number of hydrogen-bond donors (Lipinski definition) is 1. The van der Waals surface area contributed by atoms with Gasteiger partial charge in [0.05, 0.1) is 0 Å². The highest BCUT2D eigenvalue weighted by molar-refractivity contribution is 7.15. The van der Waals surface area contributed by atoms with Gasteiger partial charge in [0.1, 0.15) is 5.01 Å². The summed E-state index contributed by atoms with van der Waals surface area (Å²) in [6.07, 6.45) is 2.40. The van der Waals surface area contributed by atoms with Crippen molar-refractivity contribution in [2.45, 2.75) is 39.0 Å². The Morgan fingerprint density at radius 2 is 2.05 bits per heavy atom. The first kappa shape index (κ1) is 14.7. The average Bonchev–Trinajstić information content (AvgIpc) is 2.87. The van der Waals surface area contributed by atoms with Crippen molar-refractivity contribution >= 4 is 22.4 Å². The summed E-state index contributed by atoms with van der Waals surface area (Å²) >= 11 is 1.45. The second kappa shape index (κ2) is 7.14. The van der Waals surface area contributed by atoms with Gasteiger partial charge in [0.15, 0.2) is 0 Å². The Labute approximate surface area is 123 Å². The first-order valence-corrected chi connectivity index (χ1v) is 7.68. The monoisotopic (exact) mass is 289 g/mol. The fraction of sp³-hybridized carbons (Fsp3) is 0.400. The lowest BCUT2D eigenvalue weighted by molar-refractivity contribution is -0.116. The van der Waals surface area contributed by atoms with Crippen LogP contribution in [0.25, 0.3) is 0 Å². The minimum atomic E-state index is -0.0134. The standard InChI is InChI=1S/C15H19N3OS/c1-3-7-14-17-18-15(20-14)16-13(19)10-11(2)12-8-5-4-6-9-12/h4-6,8-9,11H,3,7,10H2,1-2H3,(H,16,18,19)/t11-/m1/s1. The molecule has 0 bridgehead atoms. The molecule has 1 atom stereocenters. The summed E-state index contributed by atoms with van der Waals surface area (Å²) < 4.78 is 0. The Morgan fingerprint density at radius 1 is 1.30 bits per heavy atom. The molecule has 20 heavy (non-hydrogen) atoms. The van der Waals surface area contributed by atoms with Crippen LogP contribution in [-0.4, -0.2) is 16.1 Å². The molecule has 1 aromatic carbocycles. The molecular formula is C15H19N3OS. The SMILES string of the molecule is CCCc1nnc(NC(=O)C[C@@H](C)c2ccccc2)s1. The maximum Gasteiger partial charge on any atom is 0.226 e. The number of aromatic nitrogens is 2. The van der Waals surface area contributed by atoms with E-state index in [1.165, 1.54) is 16.9 Å². The summed E-state index contributed by atoms with van der Waals surface area (Å²) in [6, 6.07) is 10.0. The highest BCUT2D eigenvalue weighted by Crippen LogP contribution is 2.21. The zero-order valence-electron chi connectivity index (χ0n) is 11.8. The summed E-state index contributed by atoms with van der Waals surface area (Å²) in [5.74, 6) is 0.180. The maximum atomic E-state index is 12.0. The van der Waals surface area contributed by atoms with Crippen molar-refractivity contribution in [2.24, 2.45) is 0 Å². The molecule has 0 unspecified atom stereocenters. The number of carbonyl (C=O) groups excluding carboxylic acids is 1. The fourth-order valence-corrected chi connectivity index (χ4v) is 2.82. The highest BCUT2D eigenvalue weighted by Gasteiger charge is 2.13. The fourth-order valence-electron chi connectivity index (χ4n) is 1.97. The van der Waals surface area contributed by atoms with E-state index >= 15 is 0 Å². The number of amides is 1. The molecule has 1 N–H and O–H groups in total. The van der Waals surface area contributed by atoms with Crippen molar-refractivity contribution in [3.63, 3.8) is 0 Å². The molecule has 2 rings (SSSR count). The van der Waals surface area contributed by atoms with Gasteiger partial charge in [-0.1, -0.05) is 55.5 Å². The first-order valence-electron chi connectivity index (χ1n) is 6.86. The number of carbonyl (C=O) groups is 1. The molecule has 0 saturated heterocycles. The zero-order valence-corrected chi connectivity index (χ0v) is 12.6. The molecule has 0 spiro atoms. The normalized spacial score (nSPS) is 12.1. The Bertz CT molecular complexity index is 553. The molecule has 106 valence electrons. The summed E-state index contributed by atoms with van der Waals surface area (Å²) in [5.41, 5.74) is 1.17. The van der Waals surface area contributed by atoms with Crippen molar-refractivity contribution in [3.8, 4) is 0 Å². The summed E-state index contributed by atoms with van der Waals surface area (Å²) in [5, 5.41) is 12.4. The second-order valence-corrected chi connectivity index (χ2v) is 5.88. The highest BCUT2D eigenvalue weighted by atomic mass is 32.1. The van der Waals surface area contributed by atoms with E-state index in [-0.39, 0.29) is 11.8 Å². The van der Waals surface area contributed by atoms with Crippen LogP contribution in [0.3, 0.4) is 0 Å². The van der Waals surface area contributed by atoms with Crippen LogP contribution in [-0.2, 0) is 11.2 Å². The molecule has 2 aromatic rings. The molecule has 0 aliphatic carbocycles. The number of benzene rings is 1. The maximum absolute atomic E-state index is 12.0. The van der Waals surface area contributed by atoms with E-state index in [9.17, 15) is 4.79 Å². The lowest BCUT2D eigenvalue weighted by Gasteiger charge is -2.10. The molecule has 5 heteroatoms. The number of anilines is 1. The quantitative estimate of drug-likeness (QED) is 0.883. The molecule has 0 fully saturated rings. The largest absolute Gasteiger partial charge is 0.301 e. The van der Waals surface area contributed by atoms with Gasteiger partial charge >= 0.3 is 0 Å². The lowest BCUT2D eigenvalue weighted by atomic mass is 9.98. The van der Waals surface area contributed by atoms with E-state index in [1.807, 2.05) is 30.3 Å². The van der Waals surface area contributed by atoms with Gasteiger partial charge in [0.25, 0.3) is 0 Å².